The summed E-state index contributed by atoms with van der Waals surface area (Å²) in [7, 11) is -4.59. The number of nitrogens with one attached hydrogen (secondary N) is 1. The second-order valence-corrected chi connectivity index (χ2v) is 5.67. The van der Waals surface area contributed by atoms with E-state index in [9.17, 15) is 4.57 Å². The maximum atomic E-state index is 10.6. The Morgan fingerprint density at radius 1 is 1.45 bits per heavy atom. The zero-order valence-electron chi connectivity index (χ0n) is 10.8. The highest BCUT2D eigenvalue weighted by Gasteiger charge is 2.28. The first-order chi connectivity index (χ1) is 9.19. The predicted octanol–water partition coefficient (Wildman–Crippen LogP) is 0.254. The van der Waals surface area contributed by atoms with Gasteiger partial charge in [-0.15, -0.1) is 0 Å². The lowest BCUT2D eigenvalue weighted by Crippen LogP contribution is -2.26. The summed E-state index contributed by atoms with van der Waals surface area (Å²) in [5.41, 5.74) is 5.59. The van der Waals surface area contributed by atoms with Gasteiger partial charge in [0.05, 0.1) is 6.33 Å². The molecular formula is C9H14N5O5P. The normalized spacial score (nSPS) is 13.0. The van der Waals surface area contributed by atoms with Crippen LogP contribution in [0.15, 0.2) is 6.33 Å². The molecule has 0 atom stereocenters. The van der Waals surface area contributed by atoms with Crippen LogP contribution in [0.25, 0.3) is 11.2 Å². The molecule has 10 nitrogen and oxygen atoms in total. The van der Waals surface area contributed by atoms with E-state index in [4.69, 9.17) is 20.3 Å². The van der Waals surface area contributed by atoms with Crippen molar-refractivity contribution in [2.75, 3.05) is 12.5 Å². The minimum Gasteiger partial charge on any atom is -0.382 e. The topological polar surface area (TPSA) is 156 Å². The van der Waals surface area contributed by atoms with E-state index in [1.54, 1.807) is 13.8 Å². The van der Waals surface area contributed by atoms with Gasteiger partial charge in [0.1, 0.15) is 11.1 Å². The molecule has 5 N–H and O–H groups in total. The number of fused-ring (bicyclic) bond motifs is 1. The Kier molecular flexibility index (Phi) is 3.76. The molecule has 0 aliphatic carbocycles. The number of hydrogen-bond acceptors (Lipinski definition) is 7. The number of anilines is 1. The van der Waals surface area contributed by atoms with Crippen molar-refractivity contribution in [2.24, 2.45) is 0 Å². The first-order valence-corrected chi connectivity index (χ1v) is 7.03. The van der Waals surface area contributed by atoms with Gasteiger partial charge in [0.2, 0.25) is 0 Å². The molecule has 0 fully saturated rings. The summed E-state index contributed by atoms with van der Waals surface area (Å²) >= 11 is 0. The van der Waals surface area contributed by atoms with Gasteiger partial charge in [0.15, 0.2) is 24.1 Å². The van der Waals surface area contributed by atoms with Gasteiger partial charge in [0, 0.05) is 0 Å². The molecule has 0 amide bonds. The molecule has 2 aromatic rings. The first kappa shape index (κ1) is 14.8. The number of rotatable bonds is 5. The van der Waals surface area contributed by atoms with Crippen LogP contribution in [0, 0.1) is 0 Å². The molecule has 11 heteroatoms. The van der Waals surface area contributed by atoms with Crippen LogP contribution in [-0.2, 0) is 19.4 Å². The summed E-state index contributed by atoms with van der Waals surface area (Å²) in [5.74, 6) is 0.430. The zero-order chi connectivity index (χ0) is 15.0. The number of aromatic amines is 1. The van der Waals surface area contributed by atoms with Crippen LogP contribution in [0.4, 0.5) is 5.82 Å². The molecule has 0 bridgehead atoms. The van der Waals surface area contributed by atoms with Gasteiger partial charge in [-0.1, -0.05) is 0 Å². The molecule has 2 rings (SSSR count). The maximum absolute atomic E-state index is 10.6. The highest BCUT2D eigenvalue weighted by molar-refractivity contribution is 7.46. The van der Waals surface area contributed by atoms with E-state index in [0.717, 1.165) is 0 Å². The van der Waals surface area contributed by atoms with Crippen molar-refractivity contribution in [1.82, 2.24) is 19.9 Å². The van der Waals surface area contributed by atoms with Gasteiger partial charge in [-0.3, -0.25) is 4.52 Å². The Labute approximate surface area is 113 Å². The molecule has 2 heterocycles. The van der Waals surface area contributed by atoms with Crippen molar-refractivity contribution in [3.05, 3.63) is 12.2 Å². The fourth-order valence-electron chi connectivity index (χ4n) is 1.43. The molecule has 0 unspecified atom stereocenters. The number of phosphoric acid groups is 1. The third-order valence-electron chi connectivity index (χ3n) is 2.49. The molecule has 2 aromatic heterocycles. The Morgan fingerprint density at radius 2 is 2.15 bits per heavy atom. The first-order valence-electron chi connectivity index (χ1n) is 5.50. The van der Waals surface area contributed by atoms with Crippen molar-refractivity contribution in [1.29, 1.82) is 0 Å². The Morgan fingerprint density at radius 3 is 2.80 bits per heavy atom. The molecule has 0 aliphatic heterocycles. The Hall–Kier alpha value is -1.58. The van der Waals surface area contributed by atoms with E-state index in [1.165, 1.54) is 6.33 Å². The molecule has 0 saturated carbocycles. The SMILES string of the molecule is CC(C)(OCOP(=O)(O)O)c1nc(N)c2[nH]cnc2n1. The van der Waals surface area contributed by atoms with Crippen LogP contribution in [0.5, 0.6) is 0 Å². The molecule has 0 spiro atoms. The number of aromatic nitrogens is 4. The third kappa shape index (κ3) is 3.30. The average Bonchev–Trinajstić information content (AvgIpc) is 2.75. The molecule has 0 saturated heterocycles. The number of imidazole rings is 1. The minimum atomic E-state index is -4.59. The highest BCUT2D eigenvalue weighted by Crippen LogP contribution is 2.36. The van der Waals surface area contributed by atoms with Gasteiger partial charge in [-0.05, 0) is 13.8 Å². The standard InChI is InChI=1S/C9H14N5O5P/c1-9(2,18-4-19-20(15,16)17)8-13-6(10)5-7(14-8)12-3-11-5/h3H,4H2,1-2H3,(H2,15,16,17)(H3,10,11,12,13,14). The van der Waals surface area contributed by atoms with Crippen molar-refractivity contribution >= 4 is 24.8 Å². The fourth-order valence-corrected chi connectivity index (χ4v) is 1.62. The van der Waals surface area contributed by atoms with Gasteiger partial charge in [-0.2, -0.15) is 0 Å². The van der Waals surface area contributed by atoms with E-state index in [-0.39, 0.29) is 11.6 Å². The summed E-state index contributed by atoms with van der Waals surface area (Å²) in [4.78, 5) is 32.2. The van der Waals surface area contributed by atoms with Gasteiger partial charge >= 0.3 is 7.82 Å². The van der Waals surface area contributed by atoms with Crippen LogP contribution in [0.2, 0.25) is 0 Å². The summed E-state index contributed by atoms with van der Waals surface area (Å²) in [6.07, 6.45) is 1.43. The number of nitrogens with two attached hydrogens (primary N) is 1. The van der Waals surface area contributed by atoms with E-state index in [0.29, 0.717) is 11.2 Å². The lowest BCUT2D eigenvalue weighted by Gasteiger charge is -2.23. The second-order valence-electron chi connectivity index (χ2n) is 4.43. The molecule has 0 aliphatic rings. The Balaban J connectivity index is 2.20. The van der Waals surface area contributed by atoms with Crippen molar-refractivity contribution in [3.63, 3.8) is 0 Å². The van der Waals surface area contributed by atoms with Gasteiger partial charge in [-0.25, -0.2) is 19.5 Å². The van der Waals surface area contributed by atoms with Crippen LogP contribution in [0.3, 0.4) is 0 Å². The maximum Gasteiger partial charge on any atom is 0.471 e. The van der Waals surface area contributed by atoms with E-state index < -0.39 is 20.2 Å². The fraction of sp³-hybridized carbons (Fsp3) is 0.444. The zero-order valence-corrected chi connectivity index (χ0v) is 11.7. The molecule has 0 aromatic carbocycles. The summed E-state index contributed by atoms with van der Waals surface area (Å²) in [6, 6.07) is 0. The Bertz CT molecular complexity index is 666. The monoisotopic (exact) mass is 303 g/mol. The number of nitrogens with zero attached hydrogens (tertiary/aromatic N) is 3. The van der Waals surface area contributed by atoms with Crippen LogP contribution >= 0.6 is 7.82 Å². The predicted molar refractivity (Wildman–Crippen MR) is 68.2 cm³/mol. The second kappa shape index (κ2) is 5.08. The number of nitrogen functional groups attached to an aromatic ring is 1. The quantitative estimate of drug-likeness (QED) is 0.449. The summed E-state index contributed by atoms with van der Waals surface area (Å²) < 4.78 is 20.0. The summed E-state index contributed by atoms with van der Waals surface area (Å²) in [6.45, 7) is 2.62. The third-order valence-corrected chi connectivity index (χ3v) is 2.93. The number of hydrogen-bond donors (Lipinski definition) is 4. The molecule has 110 valence electrons. The average molecular weight is 303 g/mol. The largest absolute Gasteiger partial charge is 0.471 e. The van der Waals surface area contributed by atoms with Gasteiger partial charge < -0.3 is 25.2 Å². The van der Waals surface area contributed by atoms with Crippen LogP contribution in [-0.4, -0.2) is 36.5 Å². The van der Waals surface area contributed by atoms with Crippen molar-refractivity contribution in [2.45, 2.75) is 19.4 Å². The number of ether oxygens (including phenoxy) is 1. The van der Waals surface area contributed by atoms with Crippen LogP contribution < -0.4 is 5.73 Å². The van der Waals surface area contributed by atoms with Gasteiger partial charge in [0.25, 0.3) is 0 Å². The van der Waals surface area contributed by atoms with E-state index in [1.807, 2.05) is 0 Å². The molecule has 0 radical (unpaired) electrons. The molecule has 20 heavy (non-hydrogen) atoms. The summed E-state index contributed by atoms with van der Waals surface area (Å²) in [5, 5.41) is 0. The number of phosphoric ester groups is 1. The van der Waals surface area contributed by atoms with Crippen molar-refractivity contribution in [3.8, 4) is 0 Å². The van der Waals surface area contributed by atoms with Crippen molar-refractivity contribution < 1.29 is 23.6 Å². The smallest absolute Gasteiger partial charge is 0.382 e. The van der Waals surface area contributed by atoms with E-state index in [2.05, 4.69) is 24.5 Å². The van der Waals surface area contributed by atoms with E-state index >= 15 is 0 Å². The highest BCUT2D eigenvalue weighted by atomic mass is 31.2. The molecular weight excluding hydrogens is 289 g/mol. The minimum absolute atomic E-state index is 0.204. The lowest BCUT2D eigenvalue weighted by molar-refractivity contribution is -0.102. The lowest BCUT2D eigenvalue weighted by atomic mass is 10.1. The van der Waals surface area contributed by atoms with Crippen LogP contribution in [0.1, 0.15) is 19.7 Å². The number of H-pyrrole nitrogens is 1.